The molecule has 5 nitrogen and oxygen atoms in total. The second-order valence-electron chi connectivity index (χ2n) is 5.30. The van der Waals surface area contributed by atoms with Crippen LogP contribution in [0.5, 0.6) is 0 Å². The summed E-state index contributed by atoms with van der Waals surface area (Å²) in [5.74, 6) is 0.355. The first-order valence-corrected chi connectivity index (χ1v) is 18.2. The van der Waals surface area contributed by atoms with Crippen LogP contribution in [0.4, 0.5) is 19.0 Å². The number of aromatic nitrogens is 2. The van der Waals surface area contributed by atoms with Gasteiger partial charge in [-0.25, -0.2) is 0 Å². The standard InChI is InChI=1S/C14H9Cl2F3N5.HI.Zn/c1-23(2)7-21-12-5-9(6-20)22-24(12)13-10(15)3-8(4-11(13)16)14(17,18)19;;/h3-4,7H,1-2H3;1H;/q;;+1/p-1/b21-7+;;. The molecule has 0 N–H and O–H groups in total. The molecule has 134 valence electrons. The van der Waals surface area contributed by atoms with Gasteiger partial charge in [-0.1, -0.05) is 0 Å². The third-order valence-corrected chi connectivity index (χ3v) is 9.63. The Morgan fingerprint density at radius 2 is 1.92 bits per heavy atom. The summed E-state index contributed by atoms with van der Waals surface area (Å²) >= 11 is 13.0. The quantitative estimate of drug-likeness (QED) is 0.239. The van der Waals surface area contributed by atoms with E-state index in [1.54, 1.807) is 19.0 Å². The minimum absolute atomic E-state index is 0.0576. The molecule has 0 fully saturated rings. The Balaban J connectivity index is 2.77. The van der Waals surface area contributed by atoms with Crippen molar-refractivity contribution in [3.05, 3.63) is 33.4 Å². The van der Waals surface area contributed by atoms with E-state index >= 15 is 0 Å². The van der Waals surface area contributed by atoms with Crippen LogP contribution in [0.25, 0.3) is 5.69 Å². The zero-order chi connectivity index (χ0) is 19.6. The van der Waals surface area contributed by atoms with Gasteiger partial charge in [-0.15, -0.1) is 0 Å². The summed E-state index contributed by atoms with van der Waals surface area (Å²) < 4.78 is 40.8. The number of alkyl halides is 3. The SMILES string of the molecule is CN(C)/C=N/c1[c]([Zn][I])c(C#N)nn1-c1c(Cl)cc(C(F)(F)F)cc1Cl. The number of nitrogens with zero attached hydrogens (tertiary/aromatic N) is 5. The fourth-order valence-corrected chi connectivity index (χ4v) is 7.68. The second-order valence-corrected chi connectivity index (χ2v) is 12.1. The zero-order valence-electron chi connectivity index (χ0n) is 13.4. The van der Waals surface area contributed by atoms with Gasteiger partial charge in [0.15, 0.2) is 0 Å². The number of hydrogen-bond donors (Lipinski definition) is 0. The molecule has 0 spiro atoms. The van der Waals surface area contributed by atoms with Crippen LogP contribution >= 0.6 is 43.0 Å². The Bertz CT molecular complexity index is 882. The predicted molar refractivity (Wildman–Crippen MR) is 98.8 cm³/mol. The molecule has 1 aromatic heterocycles. The minimum atomic E-state index is -4.58. The third-order valence-electron chi connectivity index (χ3n) is 3.16. The van der Waals surface area contributed by atoms with Crippen molar-refractivity contribution < 1.29 is 26.8 Å². The number of nitriles is 1. The molecule has 0 aliphatic heterocycles. The Labute approximate surface area is 175 Å². The van der Waals surface area contributed by atoms with Gasteiger partial charge in [0, 0.05) is 0 Å². The van der Waals surface area contributed by atoms with Crippen molar-refractivity contribution in [3.63, 3.8) is 0 Å². The van der Waals surface area contributed by atoms with E-state index in [1.165, 1.54) is 11.0 Å². The van der Waals surface area contributed by atoms with Crippen LogP contribution in [-0.4, -0.2) is 35.1 Å². The number of benzene rings is 1. The fourth-order valence-electron chi connectivity index (χ4n) is 2.04. The van der Waals surface area contributed by atoms with E-state index in [2.05, 4.69) is 29.8 Å². The maximum atomic E-state index is 12.9. The van der Waals surface area contributed by atoms with Gasteiger partial charge in [0.05, 0.1) is 0 Å². The second kappa shape index (κ2) is 8.42. The van der Waals surface area contributed by atoms with Gasteiger partial charge < -0.3 is 0 Å². The summed E-state index contributed by atoms with van der Waals surface area (Å²) in [7, 11) is 3.53. The number of hydrogen-bond acceptors (Lipinski definition) is 3. The van der Waals surface area contributed by atoms with Crippen LogP contribution in [0.2, 0.25) is 10.0 Å². The molecule has 0 amide bonds. The van der Waals surface area contributed by atoms with E-state index in [9.17, 15) is 18.4 Å². The molecule has 2 rings (SSSR count). The van der Waals surface area contributed by atoms with E-state index in [0.29, 0.717) is 9.98 Å². The van der Waals surface area contributed by atoms with Gasteiger partial charge in [0.1, 0.15) is 0 Å². The molecule has 2 aromatic rings. The molecule has 0 bridgehead atoms. The van der Waals surface area contributed by atoms with Crippen molar-refractivity contribution in [2.24, 2.45) is 4.99 Å². The summed E-state index contributed by atoms with van der Waals surface area (Å²) in [6, 6.07) is 3.55. The maximum absolute atomic E-state index is 12.9. The first-order chi connectivity index (χ1) is 12.1. The molecule has 0 aliphatic carbocycles. The number of halogens is 6. The summed E-state index contributed by atoms with van der Waals surface area (Å²) in [5.41, 5.74) is -0.728. The molecule has 0 atom stereocenters. The summed E-state index contributed by atoms with van der Waals surface area (Å²) in [5, 5.41) is 13.0. The Morgan fingerprint density at radius 1 is 1.35 bits per heavy atom. The molecule has 26 heavy (non-hydrogen) atoms. The molecule has 0 saturated heterocycles. The van der Waals surface area contributed by atoms with Gasteiger partial charge in [0.2, 0.25) is 0 Å². The fraction of sp³-hybridized carbons (Fsp3) is 0.214. The molecule has 0 radical (unpaired) electrons. The molecule has 1 aromatic carbocycles. The number of rotatable bonds is 4. The van der Waals surface area contributed by atoms with Gasteiger partial charge in [-0.05, 0) is 0 Å². The van der Waals surface area contributed by atoms with E-state index in [0.717, 1.165) is 12.1 Å². The molecule has 12 heteroatoms. The first-order valence-electron chi connectivity index (χ1n) is 6.95. The number of aliphatic imine (C=N–C) groups is 1. The molecule has 0 aliphatic rings. The topological polar surface area (TPSA) is 57.2 Å². The average molecular weight is 567 g/mol. The van der Waals surface area contributed by atoms with Gasteiger partial charge >= 0.3 is 176 Å². The van der Waals surface area contributed by atoms with Crippen molar-refractivity contribution in [2.75, 3.05) is 14.1 Å². The Morgan fingerprint density at radius 3 is 2.35 bits per heavy atom. The van der Waals surface area contributed by atoms with Crippen LogP contribution in [0.1, 0.15) is 11.3 Å². The first kappa shape index (κ1) is 21.4. The summed E-state index contributed by atoms with van der Waals surface area (Å²) in [6.07, 6.45) is -3.07. The van der Waals surface area contributed by atoms with Gasteiger partial charge in [0.25, 0.3) is 0 Å². The van der Waals surface area contributed by atoms with E-state index in [-0.39, 0.29) is 21.4 Å². The monoisotopic (exact) mass is 565 g/mol. The van der Waals surface area contributed by atoms with E-state index in [4.69, 9.17) is 23.2 Å². The Kier molecular flexibility index (Phi) is 6.94. The molecule has 1 heterocycles. The van der Waals surface area contributed by atoms with Crippen LogP contribution in [-0.2, 0) is 19.8 Å². The van der Waals surface area contributed by atoms with E-state index in [1.807, 2.05) is 6.07 Å². The molecular weight excluding hydrogens is 558 g/mol. The van der Waals surface area contributed by atoms with E-state index < -0.39 is 25.4 Å². The van der Waals surface area contributed by atoms with Crippen LogP contribution in [0, 0.1) is 11.3 Å². The Hall–Kier alpha value is -0.887. The molecule has 0 saturated carbocycles. The van der Waals surface area contributed by atoms with Crippen LogP contribution in [0.3, 0.4) is 0 Å². The van der Waals surface area contributed by atoms with Crippen LogP contribution < -0.4 is 4.16 Å². The van der Waals surface area contributed by atoms with Crippen LogP contribution in [0.15, 0.2) is 17.1 Å². The van der Waals surface area contributed by atoms with Crippen molar-refractivity contribution in [2.45, 2.75) is 6.18 Å². The summed E-state index contributed by atoms with van der Waals surface area (Å²) in [6.45, 7) is 0. The van der Waals surface area contributed by atoms with Crippen molar-refractivity contribution >= 4 is 59.3 Å². The van der Waals surface area contributed by atoms with Crippen molar-refractivity contribution in [1.82, 2.24) is 14.7 Å². The van der Waals surface area contributed by atoms with Gasteiger partial charge in [-0.2, -0.15) is 0 Å². The molecular formula is C14H9Cl2F3IN5Zn. The van der Waals surface area contributed by atoms with Crippen molar-refractivity contribution in [1.29, 1.82) is 5.26 Å². The third kappa shape index (κ3) is 4.50. The summed E-state index contributed by atoms with van der Waals surface area (Å²) in [4.78, 5) is 6.01. The van der Waals surface area contributed by atoms with Crippen molar-refractivity contribution in [3.8, 4) is 11.8 Å². The predicted octanol–water partition coefficient (Wildman–Crippen LogP) is 4.35. The van der Waals surface area contributed by atoms with Gasteiger partial charge in [-0.3, -0.25) is 0 Å². The zero-order valence-corrected chi connectivity index (χ0v) is 20.1. The normalized spacial score (nSPS) is 11.5. The molecule has 0 unspecified atom stereocenters. The average Bonchev–Trinajstić information content (AvgIpc) is 2.88.